The Kier molecular flexibility index (Phi) is 10.9. The highest BCUT2D eigenvalue weighted by atomic mass is 16.7. The van der Waals surface area contributed by atoms with Crippen molar-refractivity contribution in [2.75, 3.05) is 13.2 Å². The van der Waals surface area contributed by atoms with Crippen LogP contribution in [0.4, 0.5) is 0 Å². The number of unbranched alkanes of at least 4 members (excludes halogenated alkanes) is 4. The molecule has 2 fully saturated rings. The number of carbonyl (C=O) groups is 1. The first-order valence-corrected chi connectivity index (χ1v) is 14.5. The van der Waals surface area contributed by atoms with Crippen molar-refractivity contribution < 1.29 is 19.0 Å². The van der Waals surface area contributed by atoms with E-state index in [1.165, 1.54) is 63.4 Å². The smallest absolute Gasteiger partial charge is 0.319 e. The molecule has 2 heterocycles. The van der Waals surface area contributed by atoms with Gasteiger partial charge in [-0.2, -0.15) is 0 Å². The van der Waals surface area contributed by atoms with Crippen LogP contribution < -0.4 is 4.74 Å². The monoisotopic (exact) mass is 508 g/mol. The summed E-state index contributed by atoms with van der Waals surface area (Å²) >= 11 is 0. The molecule has 1 aromatic carbocycles. The summed E-state index contributed by atoms with van der Waals surface area (Å²) in [6.45, 7) is 5.13. The number of nitrogens with zero attached hydrogens (tertiary/aromatic N) is 2. The van der Waals surface area contributed by atoms with E-state index in [1.54, 1.807) is 12.1 Å². The molecule has 2 aromatic rings. The van der Waals surface area contributed by atoms with Gasteiger partial charge in [0.1, 0.15) is 11.7 Å². The third kappa shape index (κ3) is 8.34. The highest BCUT2D eigenvalue weighted by Gasteiger charge is 2.29. The maximum atomic E-state index is 12.6. The van der Waals surface area contributed by atoms with Crippen LogP contribution in [-0.4, -0.2) is 35.4 Å². The van der Waals surface area contributed by atoms with Gasteiger partial charge >= 0.3 is 5.97 Å². The molecule has 0 radical (unpaired) electrons. The van der Waals surface area contributed by atoms with E-state index in [-0.39, 0.29) is 12.3 Å². The number of benzene rings is 1. The van der Waals surface area contributed by atoms with Gasteiger partial charge in [-0.1, -0.05) is 52.4 Å². The van der Waals surface area contributed by atoms with Crippen LogP contribution in [0.15, 0.2) is 36.7 Å². The van der Waals surface area contributed by atoms with Crippen LogP contribution in [-0.2, 0) is 14.3 Å². The molecule has 0 unspecified atom stereocenters. The molecule has 0 atom stereocenters. The Morgan fingerprint density at radius 2 is 1.49 bits per heavy atom. The first kappa shape index (κ1) is 27.7. The number of carbonyl (C=O) groups excluding carboxylic acids is 1. The standard InChI is InChI=1S/C31H44N2O4/c1-3-5-7-9-23-11-13-24(14-12-23)26-19-32-30(33-20-26)25-15-17-28(18-16-25)37-31(34)27-21-35-29(36-22-27)10-8-6-4-2/h15-20,23-24,27,29H,3-14,21-22H2,1-2H3. The van der Waals surface area contributed by atoms with E-state index < -0.39 is 5.92 Å². The van der Waals surface area contributed by atoms with Gasteiger partial charge in [-0.3, -0.25) is 4.79 Å². The van der Waals surface area contributed by atoms with Crippen LogP contribution >= 0.6 is 0 Å². The lowest BCUT2D eigenvalue weighted by Crippen LogP contribution is -2.38. The van der Waals surface area contributed by atoms with Crippen molar-refractivity contribution in [1.82, 2.24) is 9.97 Å². The second kappa shape index (κ2) is 14.6. The molecule has 2 aliphatic rings. The number of rotatable bonds is 12. The van der Waals surface area contributed by atoms with Gasteiger partial charge in [0.15, 0.2) is 12.1 Å². The number of hydrogen-bond donors (Lipinski definition) is 0. The lowest BCUT2D eigenvalue weighted by molar-refractivity contribution is -0.208. The van der Waals surface area contributed by atoms with E-state index in [1.807, 2.05) is 24.5 Å². The van der Waals surface area contributed by atoms with Crippen molar-refractivity contribution in [1.29, 1.82) is 0 Å². The van der Waals surface area contributed by atoms with Gasteiger partial charge in [0, 0.05) is 18.0 Å². The van der Waals surface area contributed by atoms with E-state index >= 15 is 0 Å². The molecule has 1 aromatic heterocycles. The molecule has 0 N–H and O–H groups in total. The van der Waals surface area contributed by atoms with Crippen LogP contribution in [0.25, 0.3) is 11.4 Å². The number of aromatic nitrogens is 2. The average molecular weight is 509 g/mol. The Morgan fingerprint density at radius 3 is 2.11 bits per heavy atom. The van der Waals surface area contributed by atoms with Gasteiger partial charge in [-0.15, -0.1) is 0 Å². The summed E-state index contributed by atoms with van der Waals surface area (Å²) in [5.74, 6) is 1.97. The van der Waals surface area contributed by atoms with Crippen LogP contribution in [0.2, 0.25) is 0 Å². The predicted molar refractivity (Wildman–Crippen MR) is 145 cm³/mol. The summed E-state index contributed by atoms with van der Waals surface area (Å²) in [7, 11) is 0. The highest BCUT2D eigenvalue weighted by molar-refractivity contribution is 5.75. The molecule has 37 heavy (non-hydrogen) atoms. The molecule has 4 rings (SSSR count). The molecule has 0 bridgehead atoms. The zero-order valence-corrected chi connectivity index (χ0v) is 22.7. The van der Waals surface area contributed by atoms with Crippen molar-refractivity contribution >= 4 is 5.97 Å². The Hall–Kier alpha value is -2.31. The van der Waals surface area contributed by atoms with Gasteiger partial charge in [0.25, 0.3) is 0 Å². The summed E-state index contributed by atoms with van der Waals surface area (Å²) in [4.78, 5) is 21.9. The van der Waals surface area contributed by atoms with Crippen molar-refractivity contribution in [3.63, 3.8) is 0 Å². The van der Waals surface area contributed by atoms with Crippen LogP contribution in [0.3, 0.4) is 0 Å². The van der Waals surface area contributed by atoms with Crippen molar-refractivity contribution in [3.8, 4) is 17.1 Å². The minimum atomic E-state index is -0.399. The quantitative estimate of drug-likeness (QED) is 0.168. The number of ether oxygens (including phenoxy) is 3. The van der Waals surface area contributed by atoms with E-state index in [9.17, 15) is 4.79 Å². The molecular weight excluding hydrogens is 464 g/mol. The summed E-state index contributed by atoms with van der Waals surface area (Å²) in [6, 6.07) is 7.39. The maximum Gasteiger partial charge on any atom is 0.319 e. The van der Waals surface area contributed by atoms with Crippen LogP contribution in [0, 0.1) is 11.8 Å². The minimum absolute atomic E-state index is 0.202. The molecule has 0 spiro atoms. The highest BCUT2D eigenvalue weighted by Crippen LogP contribution is 2.37. The Morgan fingerprint density at radius 1 is 0.865 bits per heavy atom. The number of esters is 1. The second-order valence-electron chi connectivity index (χ2n) is 10.8. The van der Waals surface area contributed by atoms with E-state index in [4.69, 9.17) is 14.2 Å². The molecule has 202 valence electrons. The zero-order chi connectivity index (χ0) is 25.9. The minimum Gasteiger partial charge on any atom is -0.426 e. The fraction of sp³-hybridized carbons (Fsp3) is 0.645. The Balaban J connectivity index is 1.22. The van der Waals surface area contributed by atoms with Crippen LogP contribution in [0.1, 0.15) is 102 Å². The predicted octanol–water partition coefficient (Wildman–Crippen LogP) is 7.47. The summed E-state index contributed by atoms with van der Waals surface area (Å²) in [6.07, 6.45) is 18.7. The molecule has 1 aliphatic carbocycles. The Bertz CT molecular complexity index is 931. The van der Waals surface area contributed by atoms with Gasteiger partial charge in [-0.25, -0.2) is 9.97 Å². The normalized spacial score (nSPS) is 24.1. The summed E-state index contributed by atoms with van der Waals surface area (Å²) < 4.78 is 17.0. The average Bonchev–Trinajstić information content (AvgIpc) is 2.95. The third-order valence-electron chi connectivity index (χ3n) is 7.88. The number of hydrogen-bond acceptors (Lipinski definition) is 6. The van der Waals surface area contributed by atoms with Crippen LogP contribution in [0.5, 0.6) is 5.75 Å². The summed E-state index contributed by atoms with van der Waals surface area (Å²) in [5, 5.41) is 0. The topological polar surface area (TPSA) is 70.5 Å². The second-order valence-corrected chi connectivity index (χ2v) is 10.8. The van der Waals surface area contributed by atoms with Gasteiger partial charge in [-0.05, 0) is 80.2 Å². The van der Waals surface area contributed by atoms with E-state index in [0.717, 1.165) is 30.7 Å². The van der Waals surface area contributed by atoms with Gasteiger partial charge in [0.2, 0.25) is 0 Å². The molecular formula is C31H44N2O4. The molecule has 6 nitrogen and oxygen atoms in total. The summed E-state index contributed by atoms with van der Waals surface area (Å²) in [5.41, 5.74) is 2.16. The first-order valence-electron chi connectivity index (χ1n) is 14.5. The lowest BCUT2D eigenvalue weighted by atomic mass is 9.77. The fourth-order valence-corrected chi connectivity index (χ4v) is 5.44. The SMILES string of the molecule is CCCCCC1CCC(c2cnc(-c3ccc(OC(=O)C4COC(CCCCC)OC4)cc3)nc2)CC1. The van der Waals surface area contributed by atoms with E-state index in [0.29, 0.717) is 30.7 Å². The van der Waals surface area contributed by atoms with Crippen molar-refractivity contribution in [3.05, 3.63) is 42.2 Å². The third-order valence-corrected chi connectivity index (χ3v) is 7.88. The maximum absolute atomic E-state index is 12.6. The lowest BCUT2D eigenvalue weighted by Gasteiger charge is -2.28. The fourth-order valence-electron chi connectivity index (χ4n) is 5.44. The largest absolute Gasteiger partial charge is 0.426 e. The van der Waals surface area contributed by atoms with Crippen molar-refractivity contribution in [2.45, 2.75) is 103 Å². The van der Waals surface area contributed by atoms with E-state index in [2.05, 4.69) is 23.8 Å². The molecule has 1 saturated carbocycles. The Labute approximate surface area is 222 Å². The molecule has 0 amide bonds. The molecule has 1 saturated heterocycles. The van der Waals surface area contributed by atoms with Gasteiger partial charge in [0.05, 0.1) is 13.2 Å². The zero-order valence-electron chi connectivity index (χ0n) is 22.7. The molecule has 1 aliphatic heterocycles. The van der Waals surface area contributed by atoms with Gasteiger partial charge < -0.3 is 14.2 Å². The van der Waals surface area contributed by atoms with Crippen molar-refractivity contribution in [2.24, 2.45) is 11.8 Å². The first-order chi connectivity index (χ1) is 18.2. The molecule has 6 heteroatoms.